The first-order chi connectivity index (χ1) is 8.75. The second-order valence-corrected chi connectivity index (χ2v) is 5.62. The molecule has 0 radical (unpaired) electrons. The SMILES string of the molecule is CC(c1c[nH]c2ccc(F)cc12)C1CCCCC1. The highest BCUT2D eigenvalue weighted by molar-refractivity contribution is 5.83. The first-order valence-corrected chi connectivity index (χ1v) is 7.02. The molecule has 1 fully saturated rings. The van der Waals surface area contributed by atoms with Gasteiger partial charge in [0.15, 0.2) is 0 Å². The van der Waals surface area contributed by atoms with Gasteiger partial charge in [-0.05, 0) is 48.4 Å². The maximum atomic E-state index is 13.4. The molecular weight excluding hydrogens is 225 g/mol. The summed E-state index contributed by atoms with van der Waals surface area (Å²) in [6.07, 6.45) is 8.80. The molecule has 96 valence electrons. The summed E-state index contributed by atoms with van der Waals surface area (Å²) < 4.78 is 13.4. The zero-order valence-corrected chi connectivity index (χ0v) is 10.9. The molecule has 1 heterocycles. The van der Waals surface area contributed by atoms with Crippen molar-refractivity contribution in [3.05, 3.63) is 35.8 Å². The van der Waals surface area contributed by atoms with Crippen molar-refractivity contribution in [2.45, 2.75) is 44.9 Å². The third kappa shape index (κ3) is 2.05. The minimum atomic E-state index is -0.140. The average Bonchev–Trinajstić information content (AvgIpc) is 2.82. The minimum Gasteiger partial charge on any atom is -0.361 e. The molecule has 1 N–H and O–H groups in total. The molecule has 1 atom stereocenters. The van der Waals surface area contributed by atoms with Crippen molar-refractivity contribution >= 4 is 10.9 Å². The van der Waals surface area contributed by atoms with Crippen LogP contribution in [0.4, 0.5) is 4.39 Å². The highest BCUT2D eigenvalue weighted by Gasteiger charge is 2.23. The number of aromatic nitrogens is 1. The van der Waals surface area contributed by atoms with Crippen molar-refractivity contribution < 1.29 is 4.39 Å². The van der Waals surface area contributed by atoms with Crippen LogP contribution < -0.4 is 0 Å². The summed E-state index contributed by atoms with van der Waals surface area (Å²) in [7, 11) is 0. The summed E-state index contributed by atoms with van der Waals surface area (Å²) in [6.45, 7) is 2.30. The monoisotopic (exact) mass is 245 g/mol. The molecule has 1 saturated carbocycles. The molecule has 1 aromatic carbocycles. The fourth-order valence-corrected chi connectivity index (χ4v) is 3.38. The average molecular weight is 245 g/mol. The van der Waals surface area contributed by atoms with E-state index in [4.69, 9.17) is 0 Å². The van der Waals surface area contributed by atoms with Crippen LogP contribution in [0.5, 0.6) is 0 Å². The van der Waals surface area contributed by atoms with Gasteiger partial charge in [0.25, 0.3) is 0 Å². The van der Waals surface area contributed by atoms with Gasteiger partial charge in [0.1, 0.15) is 5.82 Å². The van der Waals surface area contributed by atoms with Crippen LogP contribution in [0.25, 0.3) is 10.9 Å². The molecule has 1 aromatic heterocycles. The van der Waals surface area contributed by atoms with E-state index in [-0.39, 0.29) is 5.82 Å². The van der Waals surface area contributed by atoms with Gasteiger partial charge in [-0.1, -0.05) is 26.2 Å². The van der Waals surface area contributed by atoms with Crippen LogP contribution in [0.15, 0.2) is 24.4 Å². The van der Waals surface area contributed by atoms with Crippen molar-refractivity contribution in [2.75, 3.05) is 0 Å². The molecule has 18 heavy (non-hydrogen) atoms. The zero-order chi connectivity index (χ0) is 12.5. The summed E-state index contributed by atoms with van der Waals surface area (Å²) in [4.78, 5) is 3.27. The van der Waals surface area contributed by atoms with E-state index in [1.54, 1.807) is 6.07 Å². The Morgan fingerprint density at radius 2 is 2.00 bits per heavy atom. The molecule has 0 aliphatic heterocycles. The van der Waals surface area contributed by atoms with Crippen LogP contribution in [-0.2, 0) is 0 Å². The largest absolute Gasteiger partial charge is 0.361 e. The Bertz CT molecular complexity index is 537. The quantitative estimate of drug-likeness (QED) is 0.767. The third-order valence-corrected chi connectivity index (χ3v) is 4.52. The molecule has 1 aliphatic rings. The first-order valence-electron chi connectivity index (χ1n) is 7.02. The van der Waals surface area contributed by atoms with Crippen molar-refractivity contribution in [1.82, 2.24) is 4.98 Å². The fourth-order valence-electron chi connectivity index (χ4n) is 3.38. The second kappa shape index (κ2) is 4.75. The van der Waals surface area contributed by atoms with Gasteiger partial charge in [0.05, 0.1) is 0 Å². The van der Waals surface area contributed by atoms with Gasteiger partial charge >= 0.3 is 0 Å². The number of benzene rings is 1. The summed E-state index contributed by atoms with van der Waals surface area (Å²) in [5.74, 6) is 1.15. The molecule has 3 rings (SSSR count). The molecular formula is C16H20FN. The summed E-state index contributed by atoms with van der Waals surface area (Å²) in [6, 6.07) is 5.02. The van der Waals surface area contributed by atoms with Gasteiger partial charge < -0.3 is 4.98 Å². The molecule has 1 unspecified atom stereocenters. The Morgan fingerprint density at radius 3 is 2.78 bits per heavy atom. The Labute approximate surface area is 107 Å². The lowest BCUT2D eigenvalue weighted by molar-refractivity contribution is 0.317. The number of nitrogens with one attached hydrogen (secondary N) is 1. The first kappa shape index (κ1) is 11.8. The molecule has 1 aliphatic carbocycles. The van der Waals surface area contributed by atoms with Crippen LogP contribution in [0.3, 0.4) is 0 Å². The summed E-state index contributed by atoms with van der Waals surface area (Å²) in [5, 5.41) is 1.06. The van der Waals surface area contributed by atoms with Crippen LogP contribution in [0.1, 0.15) is 50.5 Å². The van der Waals surface area contributed by atoms with Gasteiger partial charge in [0, 0.05) is 17.1 Å². The van der Waals surface area contributed by atoms with Crippen molar-refractivity contribution in [2.24, 2.45) is 5.92 Å². The highest BCUT2D eigenvalue weighted by atomic mass is 19.1. The fraction of sp³-hybridized carbons (Fsp3) is 0.500. The maximum Gasteiger partial charge on any atom is 0.123 e. The van der Waals surface area contributed by atoms with Crippen molar-refractivity contribution in [3.63, 3.8) is 0 Å². The number of H-pyrrole nitrogens is 1. The molecule has 0 bridgehead atoms. The Kier molecular flexibility index (Phi) is 3.11. The summed E-state index contributed by atoms with van der Waals surface area (Å²) >= 11 is 0. The lowest BCUT2D eigenvalue weighted by atomic mass is 9.78. The number of aromatic amines is 1. The Balaban J connectivity index is 1.95. The highest BCUT2D eigenvalue weighted by Crippen LogP contribution is 2.38. The molecule has 2 aromatic rings. The smallest absolute Gasteiger partial charge is 0.123 e. The number of fused-ring (bicyclic) bond motifs is 1. The Hall–Kier alpha value is -1.31. The Morgan fingerprint density at radius 1 is 1.22 bits per heavy atom. The zero-order valence-electron chi connectivity index (χ0n) is 10.9. The number of hydrogen-bond donors (Lipinski definition) is 1. The second-order valence-electron chi connectivity index (χ2n) is 5.62. The lowest BCUT2D eigenvalue weighted by Crippen LogP contribution is -2.13. The van der Waals surface area contributed by atoms with Gasteiger partial charge in [-0.3, -0.25) is 0 Å². The molecule has 0 amide bonds. The van der Waals surface area contributed by atoms with E-state index in [9.17, 15) is 4.39 Å². The van der Waals surface area contributed by atoms with Crippen LogP contribution >= 0.6 is 0 Å². The van der Waals surface area contributed by atoms with Crippen LogP contribution in [0.2, 0.25) is 0 Å². The summed E-state index contributed by atoms with van der Waals surface area (Å²) in [5.41, 5.74) is 2.34. The van der Waals surface area contributed by atoms with E-state index in [2.05, 4.69) is 18.1 Å². The van der Waals surface area contributed by atoms with Gasteiger partial charge in [-0.2, -0.15) is 0 Å². The van der Waals surface area contributed by atoms with Crippen molar-refractivity contribution in [3.8, 4) is 0 Å². The van der Waals surface area contributed by atoms with Gasteiger partial charge in [0.2, 0.25) is 0 Å². The van der Waals surface area contributed by atoms with E-state index in [0.717, 1.165) is 16.8 Å². The number of rotatable bonds is 2. The van der Waals surface area contributed by atoms with Crippen LogP contribution in [-0.4, -0.2) is 4.98 Å². The molecule has 1 nitrogen and oxygen atoms in total. The van der Waals surface area contributed by atoms with E-state index in [1.807, 2.05) is 6.07 Å². The molecule has 0 spiro atoms. The van der Waals surface area contributed by atoms with Gasteiger partial charge in [-0.15, -0.1) is 0 Å². The van der Waals surface area contributed by atoms with Gasteiger partial charge in [-0.25, -0.2) is 4.39 Å². The number of hydrogen-bond acceptors (Lipinski definition) is 0. The van der Waals surface area contributed by atoms with E-state index < -0.39 is 0 Å². The van der Waals surface area contributed by atoms with E-state index in [1.165, 1.54) is 43.7 Å². The molecule has 2 heteroatoms. The lowest BCUT2D eigenvalue weighted by Gasteiger charge is -2.27. The minimum absolute atomic E-state index is 0.140. The van der Waals surface area contributed by atoms with Crippen LogP contribution in [0, 0.1) is 11.7 Å². The normalized spacial score (nSPS) is 19.2. The van der Waals surface area contributed by atoms with Crippen molar-refractivity contribution in [1.29, 1.82) is 0 Å². The van der Waals surface area contributed by atoms with E-state index in [0.29, 0.717) is 5.92 Å². The predicted molar refractivity (Wildman–Crippen MR) is 73.2 cm³/mol. The molecule has 0 saturated heterocycles. The predicted octanol–water partition coefficient (Wildman–Crippen LogP) is 4.99. The standard InChI is InChI=1S/C16H20FN/c1-11(12-5-3-2-4-6-12)15-10-18-16-8-7-13(17)9-14(15)16/h7-12,18H,2-6H2,1H3. The number of halogens is 1. The van der Waals surface area contributed by atoms with E-state index >= 15 is 0 Å². The maximum absolute atomic E-state index is 13.4. The third-order valence-electron chi connectivity index (χ3n) is 4.52. The topological polar surface area (TPSA) is 15.8 Å².